The van der Waals surface area contributed by atoms with E-state index in [1.54, 1.807) is 7.11 Å². The van der Waals surface area contributed by atoms with Crippen LogP contribution in [0.1, 0.15) is 12.8 Å². The summed E-state index contributed by atoms with van der Waals surface area (Å²) in [7, 11) is 71.4. The second-order valence-corrected chi connectivity index (χ2v) is 8.02. The van der Waals surface area contributed by atoms with Crippen LogP contribution in [0.5, 0.6) is 0 Å². The summed E-state index contributed by atoms with van der Waals surface area (Å²) in [6.45, 7) is 2.05. The Hall–Kier alpha value is 1.35. The average molecular weight is 353 g/mol. The van der Waals surface area contributed by atoms with Gasteiger partial charge in [0.05, 0.1) is 6.61 Å². The quantitative estimate of drug-likeness (QED) is 0.373. The smallest absolute Gasteiger partial charge is 0.0615 e. The maximum absolute atomic E-state index is 5.81. The number of hydrogen-bond donors (Lipinski definition) is 1. The molecule has 2 nitrogen and oxygen atoms in total. The summed E-state index contributed by atoms with van der Waals surface area (Å²) in [6.07, 6.45) is -5.74. The molecule has 0 amide bonds. The molecular weight excluding hydrogens is 340 g/mol. The highest BCUT2D eigenvalue weighted by Crippen LogP contribution is 2.08. The van der Waals surface area contributed by atoms with Gasteiger partial charge in [0.15, 0.2) is 0 Å². The molecule has 1 atom stereocenters. The fourth-order valence-electron chi connectivity index (χ4n) is 4.18. The van der Waals surface area contributed by atoms with Gasteiger partial charge in [-0.1, -0.05) is 0 Å². The molecule has 114 valence electrons. The molecule has 0 saturated carbocycles. The van der Waals surface area contributed by atoms with Gasteiger partial charge in [-0.05, 0) is 19.4 Å². The van der Waals surface area contributed by atoms with Crippen LogP contribution in [0.2, 0.25) is 0 Å². The Labute approximate surface area is 205 Å². The standard InChI is InChI=1S/C6H13NO.B22/c1-8-5-6-3-2-4-7-6;1-13(2)19(14(3)4)22(20(15(5)6)16(7)8)21(17(9)10)18(11)12/h6-7H,2-5H2,1H3;/t6-;/m0./s1. The zero-order chi connectivity index (χ0) is 23.6. The maximum atomic E-state index is 5.81. The van der Waals surface area contributed by atoms with Gasteiger partial charge < -0.3 is 10.1 Å². The summed E-state index contributed by atoms with van der Waals surface area (Å²) < 4.78 is 4.96. The van der Waals surface area contributed by atoms with Gasteiger partial charge in [-0.25, -0.2) is 0 Å². The van der Waals surface area contributed by atoms with Gasteiger partial charge in [0.1, 0.15) is 0 Å². The SMILES string of the molecule is COC[C@@H]1CCCN1.[B]B([B])B(B([B])[B])B(B(B([B])[B])B([B])[B])B(B([B])[B])B([B])[B]. The zero-order valence-electron chi connectivity index (χ0n) is 18.0. The lowest BCUT2D eigenvalue weighted by Crippen LogP contribution is -2.83. The largest absolute Gasteiger partial charge is 0.383 e. The van der Waals surface area contributed by atoms with Gasteiger partial charge in [0, 0.05) is 170 Å². The van der Waals surface area contributed by atoms with Crippen LogP contribution in [0.15, 0.2) is 0 Å². The monoisotopic (exact) mass is 357 g/mol. The highest BCUT2D eigenvalue weighted by atomic mass is 16.5. The predicted molar refractivity (Wildman–Crippen MR) is 159 cm³/mol. The summed E-state index contributed by atoms with van der Waals surface area (Å²) in [4.78, 5) is 0. The number of methoxy groups -OCH3 is 1. The first-order valence-corrected chi connectivity index (χ1v) is 10.2. The summed E-state index contributed by atoms with van der Waals surface area (Å²) in [5.41, 5.74) is 0. The highest BCUT2D eigenvalue weighted by molar-refractivity contribution is 8.22. The van der Waals surface area contributed by atoms with E-state index in [2.05, 4.69) is 5.32 Å². The van der Waals surface area contributed by atoms with Crippen LogP contribution in [0, 0.1) is 0 Å². The molecule has 0 aromatic heterocycles. The van der Waals surface area contributed by atoms with E-state index in [1.807, 2.05) is 0 Å². The van der Waals surface area contributed by atoms with Crippen molar-refractivity contribution in [3.63, 3.8) is 0 Å². The first-order valence-electron chi connectivity index (χ1n) is 10.2. The van der Waals surface area contributed by atoms with E-state index in [9.17, 15) is 0 Å². The second kappa shape index (κ2) is 16.1. The third-order valence-corrected chi connectivity index (χ3v) is 5.53. The van der Waals surface area contributed by atoms with E-state index >= 15 is 0 Å². The fourth-order valence-corrected chi connectivity index (χ4v) is 4.18. The molecule has 1 aliphatic heterocycles. The average Bonchev–Trinajstić information content (AvgIpc) is 3.06. The van der Waals surface area contributed by atoms with Crippen molar-refractivity contribution in [2.45, 2.75) is 18.9 Å². The van der Waals surface area contributed by atoms with Crippen LogP contribution >= 0.6 is 0 Å². The number of hydrogen-bond acceptors (Lipinski definition) is 2. The molecule has 1 rings (SSSR count). The number of ether oxygens (including phenoxy) is 1. The van der Waals surface area contributed by atoms with Gasteiger partial charge in [-0.2, -0.15) is 0 Å². The molecule has 1 heterocycles. The molecule has 24 heteroatoms. The maximum Gasteiger partial charge on any atom is 0.0615 e. The Morgan fingerprint density at radius 2 is 0.967 bits per heavy atom. The van der Waals surface area contributed by atoms with Crippen molar-refractivity contribution in [1.29, 1.82) is 0 Å². The minimum Gasteiger partial charge on any atom is -0.383 e. The van der Waals surface area contributed by atoms with E-state index in [0.717, 1.165) is 6.61 Å². The van der Waals surface area contributed by atoms with E-state index in [1.165, 1.54) is 19.4 Å². The zero-order valence-corrected chi connectivity index (χ0v) is 18.0. The molecule has 30 heavy (non-hydrogen) atoms. The molecule has 0 aromatic rings. The Bertz CT molecular complexity index is 356. The van der Waals surface area contributed by atoms with E-state index in [4.69, 9.17) is 97.6 Å². The van der Waals surface area contributed by atoms with Crippen molar-refractivity contribution in [3.05, 3.63) is 0 Å². The third kappa shape index (κ3) is 10.5. The molecule has 1 aliphatic rings. The Morgan fingerprint density at radius 3 is 1.17 bits per heavy atom. The molecule has 24 radical (unpaired) electrons. The van der Waals surface area contributed by atoms with Crippen molar-refractivity contribution in [1.82, 2.24) is 5.32 Å². The van der Waals surface area contributed by atoms with E-state index < -0.39 is 63.9 Å². The first kappa shape index (κ1) is 31.3. The molecule has 0 bridgehead atoms. The number of rotatable bonds is 11. The lowest BCUT2D eigenvalue weighted by Gasteiger charge is -2.45. The van der Waals surface area contributed by atoms with Gasteiger partial charge in [-0.15, -0.1) is 0 Å². The summed E-state index contributed by atoms with van der Waals surface area (Å²) in [6, 6.07) is 0.639. The Morgan fingerprint density at radius 1 is 0.633 bits per heavy atom. The number of nitrogens with one attached hydrogen (secondary N) is 1. The lowest BCUT2D eigenvalue weighted by atomic mass is 8.36. The van der Waals surface area contributed by atoms with E-state index in [0.29, 0.717) is 6.04 Å². The van der Waals surface area contributed by atoms with Gasteiger partial charge in [0.25, 0.3) is 0 Å². The Balaban J connectivity index is 0.000000867. The molecule has 1 saturated heterocycles. The van der Waals surface area contributed by atoms with Crippen molar-refractivity contribution in [2.24, 2.45) is 0 Å². The minimum absolute atomic E-state index is 0.639. The van der Waals surface area contributed by atoms with E-state index in [-0.39, 0.29) is 0 Å². The van der Waals surface area contributed by atoms with Gasteiger partial charge in [-0.3, -0.25) is 0 Å². The normalized spacial score (nSPS) is 14.5. The lowest BCUT2D eigenvalue weighted by molar-refractivity contribution is 0.173. The van der Waals surface area contributed by atoms with Crippen LogP contribution in [0.3, 0.4) is 0 Å². The molecule has 0 unspecified atom stereocenters. The van der Waals surface area contributed by atoms with Crippen LogP contribution in [0.4, 0.5) is 0 Å². The topological polar surface area (TPSA) is 21.3 Å². The van der Waals surface area contributed by atoms with Crippen LogP contribution in [-0.2, 0) is 4.74 Å². The van der Waals surface area contributed by atoms with Crippen molar-refractivity contribution in [2.75, 3.05) is 20.3 Å². The molecule has 0 spiro atoms. The van der Waals surface area contributed by atoms with Gasteiger partial charge >= 0.3 is 0 Å². The molecule has 0 aliphatic carbocycles. The predicted octanol–water partition coefficient (Wildman–Crippen LogP) is -7.99. The van der Waals surface area contributed by atoms with Crippen molar-refractivity contribution < 1.29 is 4.74 Å². The molecular formula is C6H13B22NO. The summed E-state index contributed by atoms with van der Waals surface area (Å²) >= 11 is 0. The molecule has 0 aromatic carbocycles. The van der Waals surface area contributed by atoms with Crippen molar-refractivity contribution >= 4 is 157 Å². The van der Waals surface area contributed by atoms with Crippen LogP contribution in [-0.4, -0.2) is 183 Å². The first-order chi connectivity index (χ1) is 13.9. The van der Waals surface area contributed by atoms with Crippen LogP contribution in [0.25, 0.3) is 0 Å². The minimum atomic E-state index is -0.926. The fraction of sp³-hybridized carbons (Fsp3) is 1.00. The molecule has 1 fully saturated rings. The highest BCUT2D eigenvalue weighted by Gasteiger charge is 2.46. The third-order valence-electron chi connectivity index (χ3n) is 5.53. The Kier molecular flexibility index (Phi) is 16.8. The summed E-state index contributed by atoms with van der Waals surface area (Å²) in [5.74, 6) is 0. The van der Waals surface area contributed by atoms with Crippen LogP contribution < -0.4 is 5.32 Å². The second-order valence-electron chi connectivity index (χ2n) is 8.02. The van der Waals surface area contributed by atoms with Crippen molar-refractivity contribution in [3.8, 4) is 0 Å². The molecule has 1 N–H and O–H groups in total. The van der Waals surface area contributed by atoms with Gasteiger partial charge in [0.2, 0.25) is 0 Å². The summed E-state index contributed by atoms with van der Waals surface area (Å²) in [5, 5.41) is 3.33.